The van der Waals surface area contributed by atoms with Crippen LogP contribution in [0.3, 0.4) is 0 Å². The van der Waals surface area contributed by atoms with Crippen LogP contribution in [0.25, 0.3) is 11.3 Å². The third-order valence-corrected chi connectivity index (χ3v) is 3.98. The Labute approximate surface area is 125 Å². The predicted octanol–water partition coefficient (Wildman–Crippen LogP) is 2.29. The molecule has 0 amide bonds. The van der Waals surface area contributed by atoms with E-state index in [1.807, 2.05) is 29.5 Å². The van der Waals surface area contributed by atoms with Crippen molar-refractivity contribution in [3.05, 3.63) is 30.5 Å². The van der Waals surface area contributed by atoms with Gasteiger partial charge in [-0.05, 0) is 44.7 Å². The highest BCUT2D eigenvalue weighted by Gasteiger charge is 2.14. The van der Waals surface area contributed by atoms with Crippen molar-refractivity contribution in [1.29, 1.82) is 0 Å². The molecule has 1 aliphatic rings. The first kappa shape index (κ1) is 14.2. The maximum Gasteiger partial charge on any atom is 0.0916 e. The fourth-order valence-electron chi connectivity index (χ4n) is 2.85. The van der Waals surface area contributed by atoms with Crippen molar-refractivity contribution in [1.82, 2.24) is 25.1 Å². The number of piperidine rings is 1. The number of nitrogens with one attached hydrogen (secondary N) is 1. The summed E-state index contributed by atoms with van der Waals surface area (Å²) in [5.74, 6) is 0.700. The Hall–Kier alpha value is -1.75. The fraction of sp³-hybridized carbons (Fsp3) is 0.562. The molecule has 3 heterocycles. The van der Waals surface area contributed by atoms with E-state index in [1.54, 1.807) is 0 Å². The number of rotatable bonds is 5. The van der Waals surface area contributed by atoms with Crippen LogP contribution in [0.2, 0.25) is 0 Å². The first-order valence-corrected chi connectivity index (χ1v) is 7.89. The van der Waals surface area contributed by atoms with Crippen LogP contribution in [-0.4, -0.2) is 32.8 Å². The van der Waals surface area contributed by atoms with E-state index in [0.717, 1.165) is 49.4 Å². The highest BCUT2D eigenvalue weighted by atomic mass is 15.3. The standard InChI is InChI=1S/C16H23N5/c1-2-6-21-12-14(9-20-21)16-11-18-15(10-19-16)7-13-4-3-5-17-8-13/h9-13,17H,2-8H2,1H3/t13-/m1/s1. The largest absolute Gasteiger partial charge is 0.316 e. The van der Waals surface area contributed by atoms with Gasteiger partial charge in [0.1, 0.15) is 0 Å². The molecule has 3 rings (SSSR count). The van der Waals surface area contributed by atoms with E-state index in [1.165, 1.54) is 12.8 Å². The molecule has 0 saturated carbocycles. The minimum absolute atomic E-state index is 0.700. The molecule has 1 fully saturated rings. The summed E-state index contributed by atoms with van der Waals surface area (Å²) in [4.78, 5) is 9.13. The van der Waals surface area contributed by atoms with Crippen LogP contribution in [0.5, 0.6) is 0 Å². The van der Waals surface area contributed by atoms with E-state index in [2.05, 4.69) is 27.3 Å². The summed E-state index contributed by atoms with van der Waals surface area (Å²) >= 11 is 0. The molecule has 5 heteroatoms. The lowest BCUT2D eigenvalue weighted by atomic mass is 9.95. The van der Waals surface area contributed by atoms with Crippen LogP contribution in [0.1, 0.15) is 31.9 Å². The van der Waals surface area contributed by atoms with Gasteiger partial charge in [0, 0.05) is 24.5 Å². The summed E-state index contributed by atoms with van der Waals surface area (Å²) < 4.78 is 1.96. The molecule has 0 radical (unpaired) electrons. The van der Waals surface area contributed by atoms with Crippen molar-refractivity contribution in [2.24, 2.45) is 5.92 Å². The van der Waals surface area contributed by atoms with E-state index in [0.29, 0.717) is 5.92 Å². The Kier molecular flexibility index (Phi) is 4.60. The number of hydrogen-bond donors (Lipinski definition) is 1. The molecule has 21 heavy (non-hydrogen) atoms. The minimum Gasteiger partial charge on any atom is -0.316 e. The summed E-state index contributed by atoms with van der Waals surface area (Å²) in [6.07, 6.45) is 12.4. The van der Waals surface area contributed by atoms with Crippen molar-refractivity contribution in [3.8, 4) is 11.3 Å². The topological polar surface area (TPSA) is 55.6 Å². The van der Waals surface area contributed by atoms with Gasteiger partial charge in [-0.3, -0.25) is 14.6 Å². The Morgan fingerprint density at radius 3 is 2.95 bits per heavy atom. The summed E-state index contributed by atoms with van der Waals surface area (Å²) in [6.45, 7) is 5.35. The summed E-state index contributed by atoms with van der Waals surface area (Å²) in [5.41, 5.74) is 3.04. The quantitative estimate of drug-likeness (QED) is 0.916. The fourth-order valence-corrected chi connectivity index (χ4v) is 2.85. The molecule has 1 atom stereocenters. The van der Waals surface area contributed by atoms with Crippen LogP contribution in [-0.2, 0) is 13.0 Å². The lowest BCUT2D eigenvalue weighted by Gasteiger charge is -2.22. The Morgan fingerprint density at radius 2 is 2.24 bits per heavy atom. The Morgan fingerprint density at radius 1 is 1.29 bits per heavy atom. The lowest BCUT2D eigenvalue weighted by molar-refractivity contribution is 0.373. The average Bonchev–Trinajstić information content (AvgIpc) is 2.98. The number of nitrogens with zero attached hydrogens (tertiary/aromatic N) is 4. The van der Waals surface area contributed by atoms with E-state index in [4.69, 9.17) is 0 Å². The second kappa shape index (κ2) is 6.80. The Bertz CT molecular complexity index is 554. The molecule has 0 unspecified atom stereocenters. The Balaban J connectivity index is 1.65. The van der Waals surface area contributed by atoms with Crippen molar-refractivity contribution >= 4 is 0 Å². The molecule has 0 aliphatic carbocycles. The third-order valence-electron chi connectivity index (χ3n) is 3.98. The molecule has 1 saturated heterocycles. The van der Waals surface area contributed by atoms with Gasteiger partial charge in [-0.2, -0.15) is 5.10 Å². The van der Waals surface area contributed by atoms with Crippen molar-refractivity contribution in [2.45, 2.75) is 39.2 Å². The van der Waals surface area contributed by atoms with Gasteiger partial charge >= 0.3 is 0 Å². The van der Waals surface area contributed by atoms with Gasteiger partial charge in [-0.25, -0.2) is 0 Å². The van der Waals surface area contributed by atoms with Crippen LogP contribution in [0, 0.1) is 5.92 Å². The first-order valence-electron chi connectivity index (χ1n) is 7.89. The normalized spacial score (nSPS) is 18.8. The summed E-state index contributed by atoms with van der Waals surface area (Å²) in [5, 5.41) is 7.79. The zero-order chi connectivity index (χ0) is 14.5. The molecule has 0 spiro atoms. The van der Waals surface area contributed by atoms with Gasteiger partial charge < -0.3 is 5.32 Å². The third kappa shape index (κ3) is 3.67. The van der Waals surface area contributed by atoms with E-state index >= 15 is 0 Å². The van der Waals surface area contributed by atoms with Crippen LogP contribution >= 0.6 is 0 Å². The smallest absolute Gasteiger partial charge is 0.0916 e. The maximum absolute atomic E-state index is 4.58. The average molecular weight is 285 g/mol. The molecule has 0 aromatic carbocycles. The van der Waals surface area contributed by atoms with E-state index < -0.39 is 0 Å². The van der Waals surface area contributed by atoms with Crippen molar-refractivity contribution in [3.63, 3.8) is 0 Å². The predicted molar refractivity (Wildman–Crippen MR) is 82.8 cm³/mol. The monoisotopic (exact) mass is 285 g/mol. The molecule has 2 aromatic heterocycles. The van der Waals surface area contributed by atoms with Crippen molar-refractivity contribution in [2.75, 3.05) is 13.1 Å². The molecule has 0 bridgehead atoms. The van der Waals surface area contributed by atoms with E-state index in [-0.39, 0.29) is 0 Å². The van der Waals surface area contributed by atoms with Gasteiger partial charge in [-0.1, -0.05) is 6.92 Å². The maximum atomic E-state index is 4.58. The highest BCUT2D eigenvalue weighted by Crippen LogP contribution is 2.18. The molecular weight excluding hydrogens is 262 g/mol. The summed E-state index contributed by atoms with van der Waals surface area (Å²) in [6, 6.07) is 0. The molecular formula is C16H23N5. The first-order chi connectivity index (χ1) is 10.3. The van der Waals surface area contributed by atoms with Gasteiger partial charge in [0.05, 0.1) is 23.8 Å². The van der Waals surface area contributed by atoms with Gasteiger partial charge in [0.2, 0.25) is 0 Å². The van der Waals surface area contributed by atoms with Gasteiger partial charge in [0.15, 0.2) is 0 Å². The highest BCUT2D eigenvalue weighted by molar-refractivity contribution is 5.55. The van der Waals surface area contributed by atoms with Gasteiger partial charge in [0.25, 0.3) is 0 Å². The molecule has 1 aliphatic heterocycles. The lowest BCUT2D eigenvalue weighted by Crippen LogP contribution is -2.31. The number of hydrogen-bond acceptors (Lipinski definition) is 4. The summed E-state index contributed by atoms with van der Waals surface area (Å²) in [7, 11) is 0. The number of aryl methyl sites for hydroxylation is 1. The molecule has 5 nitrogen and oxygen atoms in total. The SMILES string of the molecule is CCCn1cc(-c2cnc(C[C@H]3CCCNC3)cn2)cn1. The van der Waals surface area contributed by atoms with E-state index in [9.17, 15) is 0 Å². The van der Waals surface area contributed by atoms with Crippen molar-refractivity contribution < 1.29 is 0 Å². The van der Waals surface area contributed by atoms with Crippen LogP contribution in [0.4, 0.5) is 0 Å². The zero-order valence-corrected chi connectivity index (χ0v) is 12.6. The molecule has 1 N–H and O–H groups in total. The molecule has 2 aromatic rings. The second-order valence-electron chi connectivity index (χ2n) is 5.80. The second-order valence-corrected chi connectivity index (χ2v) is 5.80. The minimum atomic E-state index is 0.700. The van der Waals surface area contributed by atoms with Gasteiger partial charge in [-0.15, -0.1) is 0 Å². The number of aromatic nitrogens is 4. The molecule has 112 valence electrons. The van der Waals surface area contributed by atoms with Crippen LogP contribution in [0.15, 0.2) is 24.8 Å². The van der Waals surface area contributed by atoms with Crippen LogP contribution < -0.4 is 5.32 Å². The zero-order valence-electron chi connectivity index (χ0n) is 12.6.